The molecule has 0 aliphatic carbocycles. The molecule has 9 heteroatoms. The lowest BCUT2D eigenvalue weighted by Crippen LogP contribution is -2.55. The van der Waals surface area contributed by atoms with Gasteiger partial charge in [-0.05, 0) is 76.8 Å². The summed E-state index contributed by atoms with van der Waals surface area (Å²) in [5.74, 6) is -0.778. The quantitative estimate of drug-likeness (QED) is 0.552. The summed E-state index contributed by atoms with van der Waals surface area (Å²) < 4.78 is 28.9. The normalized spacial score (nSPS) is 12.8. The van der Waals surface area contributed by atoms with Crippen LogP contribution in [0.1, 0.15) is 49.9 Å². The Kier molecular flexibility index (Phi) is 9.31. The zero-order valence-electron chi connectivity index (χ0n) is 22.9. The maximum atomic E-state index is 13.8. The standard InChI is InChI=1S/C27H40N4O4S/c1-19-14-15-21(3)24(16-19)31(36(34,35)29(8)9)18-25(32)30(17-23-13-11-10-12-20(23)2)22(4)26(33)28-27(5,6)7/h10-16,22H,17-18H2,1-9H3,(H,28,33)/t22-/m0/s1. The van der Waals surface area contributed by atoms with Gasteiger partial charge < -0.3 is 10.2 Å². The summed E-state index contributed by atoms with van der Waals surface area (Å²) in [5, 5.41) is 2.93. The van der Waals surface area contributed by atoms with Gasteiger partial charge in [0, 0.05) is 26.2 Å². The minimum Gasteiger partial charge on any atom is -0.350 e. The topological polar surface area (TPSA) is 90.0 Å². The van der Waals surface area contributed by atoms with Crippen LogP contribution in [0.2, 0.25) is 0 Å². The fraction of sp³-hybridized carbons (Fsp3) is 0.481. The maximum absolute atomic E-state index is 13.8. The smallest absolute Gasteiger partial charge is 0.304 e. The highest BCUT2D eigenvalue weighted by atomic mass is 32.2. The van der Waals surface area contributed by atoms with Crippen molar-refractivity contribution >= 4 is 27.7 Å². The Labute approximate surface area is 216 Å². The molecule has 0 aromatic heterocycles. The van der Waals surface area contributed by atoms with E-state index in [2.05, 4.69) is 5.32 Å². The Morgan fingerprint density at radius 2 is 1.58 bits per heavy atom. The lowest BCUT2D eigenvalue weighted by molar-refractivity contribution is -0.140. The molecule has 0 heterocycles. The van der Waals surface area contributed by atoms with Gasteiger partial charge in [-0.25, -0.2) is 4.31 Å². The van der Waals surface area contributed by atoms with Crippen LogP contribution in [0.15, 0.2) is 42.5 Å². The van der Waals surface area contributed by atoms with Crippen LogP contribution in [-0.2, 0) is 26.3 Å². The summed E-state index contributed by atoms with van der Waals surface area (Å²) in [7, 11) is -1.13. The molecule has 0 fully saturated rings. The van der Waals surface area contributed by atoms with Crippen LogP contribution >= 0.6 is 0 Å². The first-order valence-electron chi connectivity index (χ1n) is 12.0. The van der Waals surface area contributed by atoms with E-state index in [1.807, 2.05) is 77.9 Å². The molecular weight excluding hydrogens is 476 g/mol. The zero-order chi connectivity index (χ0) is 27.4. The monoisotopic (exact) mass is 516 g/mol. The van der Waals surface area contributed by atoms with Crippen LogP contribution in [0, 0.1) is 20.8 Å². The van der Waals surface area contributed by atoms with Crippen molar-refractivity contribution in [3.05, 3.63) is 64.7 Å². The number of rotatable bonds is 9. The van der Waals surface area contributed by atoms with E-state index in [0.29, 0.717) is 5.69 Å². The summed E-state index contributed by atoms with van der Waals surface area (Å²) in [6.45, 7) is 12.6. The van der Waals surface area contributed by atoms with E-state index in [9.17, 15) is 18.0 Å². The Balaban J connectivity index is 2.54. The Morgan fingerprint density at radius 3 is 2.14 bits per heavy atom. The van der Waals surface area contributed by atoms with Crippen molar-refractivity contribution in [2.24, 2.45) is 0 Å². The first kappa shape index (κ1) is 29.3. The molecular formula is C27H40N4O4S. The van der Waals surface area contributed by atoms with Crippen molar-refractivity contribution in [3.8, 4) is 0 Å². The molecule has 0 bridgehead atoms. The van der Waals surface area contributed by atoms with Gasteiger partial charge in [0.2, 0.25) is 11.8 Å². The van der Waals surface area contributed by atoms with E-state index >= 15 is 0 Å². The molecule has 2 amide bonds. The molecule has 0 spiro atoms. The fourth-order valence-corrected chi connectivity index (χ4v) is 4.83. The third-order valence-electron chi connectivity index (χ3n) is 5.92. The van der Waals surface area contributed by atoms with Crippen molar-refractivity contribution in [2.45, 2.75) is 66.6 Å². The molecule has 0 aliphatic heterocycles. The van der Waals surface area contributed by atoms with E-state index in [-0.39, 0.29) is 12.5 Å². The zero-order valence-corrected chi connectivity index (χ0v) is 23.7. The highest BCUT2D eigenvalue weighted by Crippen LogP contribution is 2.26. The molecule has 1 N–H and O–H groups in total. The minimum atomic E-state index is -4.00. The summed E-state index contributed by atoms with van der Waals surface area (Å²) in [4.78, 5) is 28.4. The molecule has 36 heavy (non-hydrogen) atoms. The highest BCUT2D eigenvalue weighted by molar-refractivity contribution is 7.90. The SMILES string of the molecule is Cc1ccc(C)c(N(CC(=O)N(Cc2ccccc2C)[C@@H](C)C(=O)NC(C)(C)C)S(=O)(=O)N(C)C)c1. The number of nitrogens with one attached hydrogen (secondary N) is 1. The molecule has 0 aliphatic rings. The molecule has 0 unspecified atom stereocenters. The summed E-state index contributed by atoms with van der Waals surface area (Å²) in [6.07, 6.45) is 0. The van der Waals surface area contributed by atoms with Gasteiger partial charge >= 0.3 is 10.2 Å². The van der Waals surface area contributed by atoms with Gasteiger partial charge in [-0.3, -0.25) is 9.59 Å². The molecule has 0 radical (unpaired) electrons. The minimum absolute atomic E-state index is 0.173. The summed E-state index contributed by atoms with van der Waals surface area (Å²) >= 11 is 0. The molecule has 2 rings (SSSR count). The Morgan fingerprint density at radius 1 is 0.972 bits per heavy atom. The molecule has 0 saturated carbocycles. The van der Waals surface area contributed by atoms with Crippen LogP contribution in [0.3, 0.4) is 0 Å². The van der Waals surface area contributed by atoms with Gasteiger partial charge in [0.1, 0.15) is 12.6 Å². The number of anilines is 1. The first-order valence-corrected chi connectivity index (χ1v) is 13.4. The van der Waals surface area contributed by atoms with Gasteiger partial charge in [0.25, 0.3) is 0 Å². The molecule has 2 aromatic carbocycles. The predicted octanol–water partition coefficient (Wildman–Crippen LogP) is 3.56. The Bertz CT molecular complexity index is 1200. The number of nitrogens with zero attached hydrogens (tertiary/aromatic N) is 3. The molecule has 2 aromatic rings. The van der Waals surface area contributed by atoms with Crippen LogP contribution in [0.5, 0.6) is 0 Å². The van der Waals surface area contributed by atoms with Gasteiger partial charge in [0.15, 0.2) is 0 Å². The van der Waals surface area contributed by atoms with Crippen molar-refractivity contribution in [1.29, 1.82) is 0 Å². The van der Waals surface area contributed by atoms with Gasteiger partial charge in [-0.2, -0.15) is 12.7 Å². The average molecular weight is 517 g/mol. The fourth-order valence-electron chi connectivity index (χ4n) is 3.72. The molecule has 198 valence electrons. The van der Waals surface area contributed by atoms with Gasteiger partial charge in [0.05, 0.1) is 5.69 Å². The Hall–Kier alpha value is -2.91. The number of hydrogen-bond donors (Lipinski definition) is 1. The second-order valence-electron chi connectivity index (χ2n) is 10.5. The number of hydrogen-bond acceptors (Lipinski definition) is 4. The maximum Gasteiger partial charge on any atom is 0.304 e. The number of benzene rings is 2. The summed E-state index contributed by atoms with van der Waals surface area (Å²) in [5.41, 5.74) is 3.40. The van der Waals surface area contributed by atoms with Crippen molar-refractivity contribution in [3.63, 3.8) is 0 Å². The third kappa shape index (κ3) is 7.30. The number of carbonyl (C=O) groups is 2. The lowest BCUT2D eigenvalue weighted by atomic mass is 10.1. The molecule has 8 nitrogen and oxygen atoms in total. The predicted molar refractivity (Wildman–Crippen MR) is 145 cm³/mol. The van der Waals surface area contributed by atoms with E-state index in [1.165, 1.54) is 19.0 Å². The number of aryl methyl sites for hydroxylation is 3. The van der Waals surface area contributed by atoms with E-state index in [1.54, 1.807) is 13.0 Å². The van der Waals surface area contributed by atoms with E-state index in [0.717, 1.165) is 30.9 Å². The van der Waals surface area contributed by atoms with Crippen molar-refractivity contribution in [2.75, 3.05) is 24.9 Å². The third-order valence-corrected chi connectivity index (χ3v) is 7.73. The van der Waals surface area contributed by atoms with Crippen molar-refractivity contribution in [1.82, 2.24) is 14.5 Å². The lowest BCUT2D eigenvalue weighted by Gasteiger charge is -2.34. The van der Waals surface area contributed by atoms with Gasteiger partial charge in [-0.15, -0.1) is 0 Å². The number of carbonyl (C=O) groups excluding carboxylic acids is 2. The molecule has 0 saturated heterocycles. The van der Waals surface area contributed by atoms with Crippen LogP contribution < -0.4 is 9.62 Å². The van der Waals surface area contributed by atoms with Crippen LogP contribution in [-0.4, -0.2) is 61.7 Å². The largest absolute Gasteiger partial charge is 0.350 e. The van der Waals surface area contributed by atoms with Gasteiger partial charge in [-0.1, -0.05) is 36.4 Å². The number of amides is 2. The first-order chi connectivity index (χ1) is 16.5. The van der Waals surface area contributed by atoms with Crippen LogP contribution in [0.25, 0.3) is 0 Å². The average Bonchev–Trinajstić information content (AvgIpc) is 2.76. The second-order valence-corrected chi connectivity index (χ2v) is 12.5. The highest BCUT2D eigenvalue weighted by Gasteiger charge is 2.34. The molecule has 1 atom stereocenters. The summed E-state index contributed by atoms with van der Waals surface area (Å²) in [6, 6.07) is 12.3. The van der Waals surface area contributed by atoms with E-state index < -0.39 is 34.2 Å². The van der Waals surface area contributed by atoms with Crippen molar-refractivity contribution < 1.29 is 18.0 Å². The van der Waals surface area contributed by atoms with Crippen LogP contribution in [0.4, 0.5) is 5.69 Å². The second kappa shape index (κ2) is 11.4. The van der Waals surface area contributed by atoms with E-state index in [4.69, 9.17) is 0 Å².